The molecule has 6 nitrogen and oxygen atoms in total. The number of ether oxygens (including phenoxy) is 2. The van der Waals surface area contributed by atoms with Gasteiger partial charge in [-0.3, -0.25) is 4.79 Å². The summed E-state index contributed by atoms with van der Waals surface area (Å²) in [5.41, 5.74) is 1.19. The number of nitrogens with zero attached hydrogens (tertiary/aromatic N) is 1. The van der Waals surface area contributed by atoms with Gasteiger partial charge in [0.25, 0.3) is 0 Å². The summed E-state index contributed by atoms with van der Waals surface area (Å²) in [5, 5.41) is 2.81. The van der Waals surface area contributed by atoms with Gasteiger partial charge in [-0.05, 0) is 53.1 Å². The van der Waals surface area contributed by atoms with Crippen LogP contribution in [0.15, 0.2) is 52.2 Å². The molecule has 0 radical (unpaired) electrons. The average molecular weight is 438 g/mol. The number of imide groups is 1. The Morgan fingerprint density at radius 1 is 1.33 bits per heavy atom. The van der Waals surface area contributed by atoms with Crippen LogP contribution in [0, 0.1) is 5.92 Å². The number of hydrogen-bond donors (Lipinski definition) is 1. The van der Waals surface area contributed by atoms with Crippen molar-refractivity contribution in [2.75, 3.05) is 4.90 Å². The van der Waals surface area contributed by atoms with E-state index in [4.69, 9.17) is 9.47 Å². The summed E-state index contributed by atoms with van der Waals surface area (Å²) >= 11 is 2.20. The third kappa shape index (κ3) is 3.45. The Labute approximate surface area is 152 Å². The van der Waals surface area contributed by atoms with Crippen LogP contribution in [0.1, 0.15) is 13.3 Å². The molecule has 0 spiro atoms. The van der Waals surface area contributed by atoms with Gasteiger partial charge in [-0.1, -0.05) is 13.0 Å². The Balaban J connectivity index is 1.80. The predicted octanol–water partition coefficient (Wildman–Crippen LogP) is 3.84. The van der Waals surface area contributed by atoms with Crippen LogP contribution in [0.4, 0.5) is 10.5 Å². The molecule has 7 heteroatoms. The Hall–Kier alpha value is -2.29. The lowest BCUT2D eigenvalue weighted by Crippen LogP contribution is -2.40. The fourth-order valence-corrected chi connectivity index (χ4v) is 2.96. The second kappa shape index (κ2) is 7.08. The molecule has 1 aliphatic heterocycles. The van der Waals surface area contributed by atoms with E-state index in [1.165, 1.54) is 12.5 Å². The van der Waals surface area contributed by atoms with Crippen molar-refractivity contribution in [3.05, 3.63) is 52.2 Å². The SMILES string of the molecule is CC1CC=C(I)C=C1NC(=O)N(C=O)c1ccc2c(c1)OC=CO2. The van der Waals surface area contributed by atoms with Gasteiger partial charge in [0, 0.05) is 15.3 Å². The van der Waals surface area contributed by atoms with Gasteiger partial charge in [-0.15, -0.1) is 0 Å². The van der Waals surface area contributed by atoms with E-state index in [0.717, 1.165) is 20.6 Å². The average Bonchev–Trinajstić information content (AvgIpc) is 2.59. The Morgan fingerprint density at radius 2 is 2.08 bits per heavy atom. The first-order chi connectivity index (χ1) is 11.6. The smallest absolute Gasteiger partial charge is 0.332 e. The largest absolute Gasteiger partial charge is 0.458 e. The molecule has 1 unspecified atom stereocenters. The summed E-state index contributed by atoms with van der Waals surface area (Å²) in [7, 11) is 0. The minimum Gasteiger partial charge on any atom is -0.458 e. The van der Waals surface area contributed by atoms with E-state index in [9.17, 15) is 9.59 Å². The van der Waals surface area contributed by atoms with Gasteiger partial charge in [-0.25, -0.2) is 9.69 Å². The van der Waals surface area contributed by atoms with Crippen LogP contribution in [-0.4, -0.2) is 12.4 Å². The van der Waals surface area contributed by atoms with Crippen molar-refractivity contribution >= 4 is 40.7 Å². The number of urea groups is 1. The van der Waals surface area contributed by atoms with E-state index in [1.54, 1.807) is 18.2 Å². The summed E-state index contributed by atoms with van der Waals surface area (Å²) in [6.45, 7) is 2.02. The fraction of sp³-hybridized carbons (Fsp3) is 0.176. The molecule has 1 aliphatic carbocycles. The molecule has 0 saturated heterocycles. The monoisotopic (exact) mass is 438 g/mol. The van der Waals surface area contributed by atoms with Crippen molar-refractivity contribution in [3.63, 3.8) is 0 Å². The molecule has 1 heterocycles. The van der Waals surface area contributed by atoms with E-state index < -0.39 is 6.03 Å². The maximum Gasteiger partial charge on any atom is 0.332 e. The van der Waals surface area contributed by atoms with Crippen LogP contribution in [0.2, 0.25) is 0 Å². The molecule has 1 aromatic rings. The second-order valence-corrected chi connectivity index (χ2v) is 6.62. The Kier molecular flexibility index (Phi) is 4.89. The molecular weight excluding hydrogens is 423 g/mol. The lowest BCUT2D eigenvalue weighted by atomic mass is 9.99. The highest BCUT2D eigenvalue weighted by Crippen LogP contribution is 2.34. The number of anilines is 1. The third-order valence-electron chi connectivity index (χ3n) is 3.72. The highest BCUT2D eigenvalue weighted by molar-refractivity contribution is 14.1. The molecule has 0 bridgehead atoms. The first-order valence-corrected chi connectivity index (χ1v) is 8.41. The van der Waals surface area contributed by atoms with E-state index in [2.05, 4.69) is 34.0 Å². The molecule has 124 valence electrons. The normalized spacial score (nSPS) is 18.3. The van der Waals surface area contributed by atoms with E-state index in [-0.39, 0.29) is 5.92 Å². The van der Waals surface area contributed by atoms with Crippen LogP contribution >= 0.6 is 22.6 Å². The lowest BCUT2D eigenvalue weighted by Gasteiger charge is -2.23. The maximum atomic E-state index is 12.5. The van der Waals surface area contributed by atoms with Crippen molar-refractivity contribution in [1.29, 1.82) is 0 Å². The standard InChI is InChI=1S/C17H15IN2O4/c1-11-2-3-12(18)8-14(11)19-17(22)20(10-21)13-4-5-15-16(9-13)24-7-6-23-15/h3-11H,2H2,1H3,(H,19,22). The number of rotatable bonds is 3. The van der Waals surface area contributed by atoms with Crippen molar-refractivity contribution in [1.82, 2.24) is 5.32 Å². The molecule has 0 fully saturated rings. The Morgan fingerprint density at radius 3 is 2.83 bits per heavy atom. The van der Waals surface area contributed by atoms with Crippen molar-refractivity contribution in [2.45, 2.75) is 13.3 Å². The molecule has 1 aromatic carbocycles. The zero-order valence-electron chi connectivity index (χ0n) is 12.9. The Bertz CT molecular complexity index is 770. The molecule has 3 amide bonds. The van der Waals surface area contributed by atoms with Crippen molar-refractivity contribution in [2.24, 2.45) is 5.92 Å². The molecule has 0 aromatic heterocycles. The summed E-state index contributed by atoms with van der Waals surface area (Å²) in [6, 6.07) is 4.33. The number of benzene rings is 1. The van der Waals surface area contributed by atoms with E-state index in [1.807, 2.05) is 13.0 Å². The van der Waals surface area contributed by atoms with Gasteiger partial charge < -0.3 is 14.8 Å². The highest BCUT2D eigenvalue weighted by atomic mass is 127. The predicted molar refractivity (Wildman–Crippen MR) is 97.9 cm³/mol. The van der Waals surface area contributed by atoms with Crippen LogP contribution in [0.5, 0.6) is 11.5 Å². The van der Waals surface area contributed by atoms with Gasteiger partial charge in [0.1, 0.15) is 12.5 Å². The summed E-state index contributed by atoms with van der Waals surface area (Å²) in [6.07, 6.45) is 8.14. The fourth-order valence-electron chi connectivity index (χ4n) is 2.37. The third-order valence-corrected chi connectivity index (χ3v) is 4.47. The number of carbonyl (C=O) groups excluding carboxylic acids is 2. The van der Waals surface area contributed by atoms with Crippen LogP contribution in [0.25, 0.3) is 0 Å². The van der Waals surface area contributed by atoms with Gasteiger partial charge in [0.2, 0.25) is 6.41 Å². The number of allylic oxidation sites excluding steroid dienone is 4. The number of halogens is 1. The van der Waals surface area contributed by atoms with Gasteiger partial charge in [-0.2, -0.15) is 0 Å². The number of carbonyl (C=O) groups is 2. The molecule has 0 saturated carbocycles. The zero-order valence-corrected chi connectivity index (χ0v) is 15.0. The number of fused-ring (bicyclic) bond motifs is 1. The summed E-state index contributed by atoms with van der Waals surface area (Å²) < 4.78 is 11.7. The summed E-state index contributed by atoms with van der Waals surface area (Å²) in [5.74, 6) is 1.15. The first-order valence-electron chi connectivity index (χ1n) is 7.33. The highest BCUT2D eigenvalue weighted by Gasteiger charge is 2.21. The molecule has 1 atom stereocenters. The minimum atomic E-state index is -0.513. The lowest BCUT2D eigenvalue weighted by molar-refractivity contribution is -0.106. The minimum absolute atomic E-state index is 0.186. The number of hydrogen-bond acceptors (Lipinski definition) is 4. The zero-order chi connectivity index (χ0) is 17.1. The molecule has 1 N–H and O–H groups in total. The topological polar surface area (TPSA) is 67.9 Å². The van der Waals surface area contributed by atoms with Gasteiger partial charge in [0.05, 0.1) is 5.69 Å². The molecule has 24 heavy (non-hydrogen) atoms. The van der Waals surface area contributed by atoms with Crippen LogP contribution in [-0.2, 0) is 4.79 Å². The number of nitrogens with one attached hydrogen (secondary N) is 1. The quantitative estimate of drug-likeness (QED) is 0.576. The van der Waals surface area contributed by atoms with E-state index >= 15 is 0 Å². The van der Waals surface area contributed by atoms with Gasteiger partial charge in [0.15, 0.2) is 11.5 Å². The summed E-state index contributed by atoms with van der Waals surface area (Å²) in [4.78, 5) is 24.9. The van der Waals surface area contributed by atoms with Crippen molar-refractivity contribution < 1.29 is 19.1 Å². The van der Waals surface area contributed by atoms with Crippen molar-refractivity contribution in [3.8, 4) is 11.5 Å². The van der Waals surface area contributed by atoms with Crippen LogP contribution < -0.4 is 19.7 Å². The first kappa shape index (κ1) is 16.6. The second-order valence-electron chi connectivity index (χ2n) is 5.37. The van der Waals surface area contributed by atoms with Gasteiger partial charge >= 0.3 is 6.03 Å². The molecule has 2 aliphatic rings. The molecule has 3 rings (SSSR count). The molecular formula is C17H15IN2O4. The van der Waals surface area contributed by atoms with E-state index in [0.29, 0.717) is 23.6 Å². The number of amides is 3. The maximum absolute atomic E-state index is 12.5. The van der Waals surface area contributed by atoms with Crippen LogP contribution in [0.3, 0.4) is 0 Å².